The molecule has 3 nitrogen and oxygen atoms in total. The third-order valence-electron chi connectivity index (χ3n) is 4.31. The van der Waals surface area contributed by atoms with Gasteiger partial charge in [-0.2, -0.15) is 17.7 Å². The monoisotopic (exact) mass is 484 g/mol. The van der Waals surface area contributed by atoms with E-state index in [1.807, 2.05) is 6.20 Å². The van der Waals surface area contributed by atoms with Gasteiger partial charge in [0.05, 0.1) is 5.82 Å². The van der Waals surface area contributed by atoms with Crippen LogP contribution in [0.2, 0.25) is 19.6 Å². The summed E-state index contributed by atoms with van der Waals surface area (Å²) in [5.41, 5.74) is 1.54. The topological polar surface area (TPSA) is 27.1 Å². The SMILES string of the molecule is C1CCOC1.CC(C)(Cc1nccn1[Si](C)(C)C)[c-]1cccc1.[Cl-].[Cl-].[Cl-].[Ti+4]. The Kier molecular flexibility index (Phi) is 17.0. The molecule has 1 saturated heterocycles. The van der Waals surface area contributed by atoms with E-state index in [2.05, 4.69) is 73.2 Å². The molecular formula is C19H31Cl3N2OSiTi. The van der Waals surface area contributed by atoms with E-state index in [4.69, 9.17) is 4.74 Å². The summed E-state index contributed by atoms with van der Waals surface area (Å²) in [5, 5.41) is 0. The Morgan fingerprint density at radius 2 is 1.59 bits per heavy atom. The minimum Gasteiger partial charge on any atom is -1.00 e. The van der Waals surface area contributed by atoms with E-state index in [9.17, 15) is 0 Å². The fourth-order valence-electron chi connectivity index (χ4n) is 2.91. The van der Waals surface area contributed by atoms with E-state index in [1.165, 1.54) is 24.2 Å². The van der Waals surface area contributed by atoms with Crippen molar-refractivity contribution in [1.29, 1.82) is 0 Å². The van der Waals surface area contributed by atoms with Crippen molar-refractivity contribution in [3.63, 3.8) is 0 Å². The Morgan fingerprint density at radius 3 is 2.00 bits per heavy atom. The Labute approximate surface area is 199 Å². The first-order valence-corrected chi connectivity index (χ1v) is 12.1. The quantitative estimate of drug-likeness (QED) is 0.323. The Morgan fingerprint density at radius 1 is 1.07 bits per heavy atom. The second kappa shape index (κ2) is 14.3. The van der Waals surface area contributed by atoms with Gasteiger partial charge in [0.2, 0.25) is 0 Å². The predicted molar refractivity (Wildman–Crippen MR) is 99.8 cm³/mol. The number of hydrogen-bond donors (Lipinski definition) is 0. The molecule has 0 unspecified atom stereocenters. The summed E-state index contributed by atoms with van der Waals surface area (Å²) in [6.07, 6.45) is 7.63. The average molecular weight is 486 g/mol. The summed E-state index contributed by atoms with van der Waals surface area (Å²) in [4.78, 5) is 4.58. The molecule has 0 amide bonds. The van der Waals surface area contributed by atoms with Crippen LogP contribution in [0.5, 0.6) is 0 Å². The van der Waals surface area contributed by atoms with Gasteiger partial charge in [0.25, 0.3) is 0 Å². The zero-order valence-corrected chi connectivity index (χ0v) is 21.8. The molecule has 0 N–H and O–H groups in total. The van der Waals surface area contributed by atoms with Crippen molar-refractivity contribution in [3.8, 4) is 0 Å². The van der Waals surface area contributed by atoms with Gasteiger partial charge in [0.1, 0.15) is 0 Å². The second-order valence-electron chi connectivity index (χ2n) is 7.94. The Balaban J connectivity index is -0.000000561. The van der Waals surface area contributed by atoms with Gasteiger partial charge in [-0.15, -0.1) is 0 Å². The molecule has 1 aromatic heterocycles. The first-order valence-electron chi connectivity index (χ1n) is 8.63. The molecule has 0 bridgehead atoms. The van der Waals surface area contributed by atoms with Crippen molar-refractivity contribution < 1.29 is 63.7 Å². The van der Waals surface area contributed by atoms with E-state index >= 15 is 0 Å². The molecule has 1 aliphatic heterocycles. The standard InChI is InChI=1S/C15H23N2Si.C4H8O.3ClH.Ti/c1-15(2,13-8-6-7-9-13)12-14-16-10-11-17(14)18(3,4)5;1-2-4-5-3-1;;;;/h6-11H,12H2,1-5H3;1-4H2;3*1H;/q-1;;;;;+4/p-3. The van der Waals surface area contributed by atoms with E-state index < -0.39 is 8.24 Å². The number of ether oxygens (including phenoxy) is 1. The molecule has 2 aromatic rings. The van der Waals surface area contributed by atoms with Crippen molar-refractivity contribution in [1.82, 2.24) is 9.22 Å². The van der Waals surface area contributed by atoms with Crippen molar-refractivity contribution in [2.45, 2.75) is 58.2 Å². The molecule has 152 valence electrons. The van der Waals surface area contributed by atoms with Crippen molar-refractivity contribution >= 4 is 8.24 Å². The van der Waals surface area contributed by atoms with Crippen molar-refractivity contribution in [2.75, 3.05) is 13.2 Å². The van der Waals surface area contributed by atoms with Crippen LogP contribution in [0.1, 0.15) is 38.1 Å². The first kappa shape index (κ1) is 32.0. The molecule has 0 aliphatic carbocycles. The van der Waals surface area contributed by atoms with Gasteiger partial charge in [-0.05, 0) is 18.3 Å². The van der Waals surface area contributed by atoms with Gasteiger partial charge in [-0.25, -0.2) is 17.1 Å². The number of rotatable bonds is 4. The van der Waals surface area contributed by atoms with Gasteiger partial charge in [-0.3, -0.25) is 0 Å². The second-order valence-corrected chi connectivity index (χ2v) is 12.8. The molecule has 0 atom stereocenters. The van der Waals surface area contributed by atoms with E-state index in [0.29, 0.717) is 0 Å². The van der Waals surface area contributed by atoms with Crippen LogP contribution in [-0.4, -0.2) is 30.7 Å². The Hall–Kier alpha value is 0.321. The first-order chi connectivity index (χ1) is 10.8. The summed E-state index contributed by atoms with van der Waals surface area (Å²) < 4.78 is 7.36. The molecule has 0 saturated carbocycles. The smallest absolute Gasteiger partial charge is 1.00 e. The van der Waals surface area contributed by atoms with Crippen molar-refractivity contribution in [2.24, 2.45) is 0 Å². The van der Waals surface area contributed by atoms with Gasteiger partial charge >= 0.3 is 21.7 Å². The molecule has 8 heteroatoms. The number of aromatic nitrogens is 2. The zero-order valence-electron chi connectivity index (χ0n) is 16.9. The molecule has 2 heterocycles. The normalized spacial score (nSPS) is 13.1. The number of halogens is 3. The fourth-order valence-corrected chi connectivity index (χ4v) is 4.33. The summed E-state index contributed by atoms with van der Waals surface area (Å²) in [6, 6.07) is 8.65. The van der Waals surface area contributed by atoms with Crippen LogP contribution in [0.15, 0.2) is 36.7 Å². The largest absolute Gasteiger partial charge is 4.00 e. The maximum absolute atomic E-state index is 4.94. The third-order valence-corrected chi connectivity index (χ3v) is 6.16. The van der Waals surface area contributed by atoms with Crippen molar-refractivity contribution in [3.05, 3.63) is 48.0 Å². The molecule has 3 rings (SSSR count). The number of imidazole rings is 1. The molecule has 1 aliphatic rings. The number of hydrogen-bond acceptors (Lipinski definition) is 2. The van der Waals surface area contributed by atoms with Gasteiger partial charge < -0.3 is 46.2 Å². The van der Waals surface area contributed by atoms with E-state index in [1.54, 1.807) is 0 Å². The maximum atomic E-state index is 4.94. The summed E-state index contributed by atoms with van der Waals surface area (Å²) in [6.45, 7) is 13.7. The molecule has 1 fully saturated rings. The molecule has 0 spiro atoms. The summed E-state index contributed by atoms with van der Waals surface area (Å²) in [7, 11) is -1.36. The van der Waals surface area contributed by atoms with E-state index in [0.717, 1.165) is 19.6 Å². The van der Waals surface area contributed by atoms with Crippen LogP contribution < -0.4 is 37.2 Å². The summed E-state index contributed by atoms with van der Waals surface area (Å²) in [5.74, 6) is 1.22. The summed E-state index contributed by atoms with van der Waals surface area (Å²) >= 11 is 0. The third kappa shape index (κ3) is 10.1. The minimum atomic E-state index is -1.36. The van der Waals surface area contributed by atoms with Crippen LogP contribution in [0.3, 0.4) is 0 Å². The van der Waals surface area contributed by atoms with Gasteiger partial charge in [0.15, 0.2) is 8.24 Å². The maximum Gasteiger partial charge on any atom is 4.00 e. The van der Waals surface area contributed by atoms with Crippen LogP contribution in [0.4, 0.5) is 0 Å². The van der Waals surface area contributed by atoms with Crippen LogP contribution in [0.25, 0.3) is 0 Å². The molecule has 1 aromatic carbocycles. The van der Waals surface area contributed by atoms with Crippen LogP contribution in [-0.2, 0) is 38.3 Å². The van der Waals surface area contributed by atoms with Crippen LogP contribution in [0, 0.1) is 0 Å². The molecular weight excluding hydrogens is 455 g/mol. The minimum absolute atomic E-state index is 0. The van der Waals surface area contributed by atoms with Crippen LogP contribution >= 0.6 is 0 Å². The molecule has 0 radical (unpaired) electrons. The fraction of sp³-hybridized carbons (Fsp3) is 0.579. The number of nitrogens with zero attached hydrogens (tertiary/aromatic N) is 2. The van der Waals surface area contributed by atoms with Gasteiger partial charge in [0, 0.05) is 32.0 Å². The average Bonchev–Trinajstić information content (AvgIpc) is 3.22. The predicted octanol–water partition coefficient (Wildman–Crippen LogP) is -4.39. The zero-order chi connectivity index (χ0) is 16.9. The van der Waals surface area contributed by atoms with Gasteiger partial charge in [-0.1, -0.05) is 33.5 Å². The Bertz CT molecular complexity index is 587. The van der Waals surface area contributed by atoms with E-state index in [-0.39, 0.29) is 64.4 Å². The molecule has 27 heavy (non-hydrogen) atoms.